The van der Waals surface area contributed by atoms with Crippen LogP contribution in [0.25, 0.3) is 0 Å². The van der Waals surface area contributed by atoms with Gasteiger partial charge in [-0.05, 0) is 11.8 Å². The Morgan fingerprint density at radius 3 is 2.22 bits per heavy atom. The third kappa shape index (κ3) is 1.74. The van der Waals surface area contributed by atoms with E-state index in [1.165, 1.54) is 19.3 Å². The average Bonchev–Trinajstić information content (AvgIpc) is 1.80. The molecule has 0 spiro atoms. The maximum Gasteiger partial charge on any atom is 0.0699 e. The van der Waals surface area contributed by atoms with Crippen molar-refractivity contribution in [2.75, 3.05) is 0 Å². The summed E-state index contributed by atoms with van der Waals surface area (Å²) in [5, 5.41) is 0. The summed E-state index contributed by atoms with van der Waals surface area (Å²) in [5.74, 6) is 2.26. The Morgan fingerprint density at radius 1 is 1.11 bits per heavy atom. The molecular formula is C8H15B. The number of rotatable bonds is 0. The smallest absolute Gasteiger partial charge is 0.0699 e. The first-order valence-electron chi connectivity index (χ1n) is 3.95. The van der Waals surface area contributed by atoms with Gasteiger partial charge in [-0.2, -0.15) is 0 Å². The van der Waals surface area contributed by atoms with E-state index >= 15 is 0 Å². The molecule has 3 atom stereocenters. The molecule has 1 aliphatic rings. The van der Waals surface area contributed by atoms with E-state index in [-0.39, 0.29) is 0 Å². The van der Waals surface area contributed by atoms with Crippen LogP contribution < -0.4 is 0 Å². The van der Waals surface area contributed by atoms with E-state index in [9.17, 15) is 0 Å². The molecule has 2 radical (unpaired) electrons. The summed E-state index contributed by atoms with van der Waals surface area (Å²) in [6.45, 7) is 4.64. The van der Waals surface area contributed by atoms with Crippen LogP contribution in [-0.4, -0.2) is 7.85 Å². The zero-order valence-electron chi connectivity index (χ0n) is 6.43. The number of hydrogen-bond acceptors (Lipinski definition) is 0. The first kappa shape index (κ1) is 7.18. The molecule has 0 nitrogen and oxygen atoms in total. The van der Waals surface area contributed by atoms with Gasteiger partial charge >= 0.3 is 0 Å². The van der Waals surface area contributed by atoms with E-state index in [4.69, 9.17) is 7.85 Å². The topological polar surface area (TPSA) is 0 Å². The van der Waals surface area contributed by atoms with E-state index in [0.29, 0.717) is 5.82 Å². The van der Waals surface area contributed by atoms with Crippen LogP contribution in [0.1, 0.15) is 33.1 Å². The molecule has 1 aliphatic carbocycles. The lowest BCUT2D eigenvalue weighted by atomic mass is 9.68. The Balaban J connectivity index is 2.35. The summed E-state index contributed by atoms with van der Waals surface area (Å²) in [4.78, 5) is 0. The minimum atomic E-state index is 0.496. The molecule has 1 rings (SSSR count). The highest BCUT2D eigenvalue weighted by atomic mass is 14.2. The summed E-state index contributed by atoms with van der Waals surface area (Å²) in [5.41, 5.74) is 0. The molecular weight excluding hydrogens is 107 g/mol. The van der Waals surface area contributed by atoms with E-state index in [2.05, 4.69) is 13.8 Å². The maximum atomic E-state index is 5.79. The zero-order chi connectivity index (χ0) is 6.85. The lowest BCUT2D eigenvalue weighted by Crippen LogP contribution is -2.17. The molecule has 1 saturated carbocycles. The standard InChI is InChI=1S/C8H15B/c1-6-3-4-8(9)5-7(6)2/h6-8H,3-5H2,1-2H3. The van der Waals surface area contributed by atoms with Gasteiger partial charge in [-0.25, -0.2) is 0 Å². The molecule has 0 aromatic rings. The Morgan fingerprint density at radius 2 is 1.78 bits per heavy atom. The molecule has 1 heteroatoms. The van der Waals surface area contributed by atoms with Crippen molar-refractivity contribution < 1.29 is 0 Å². The molecule has 9 heavy (non-hydrogen) atoms. The van der Waals surface area contributed by atoms with Crippen molar-refractivity contribution in [1.29, 1.82) is 0 Å². The fourth-order valence-corrected chi connectivity index (χ4v) is 1.59. The molecule has 0 aromatic heterocycles. The highest BCUT2D eigenvalue weighted by molar-refractivity contribution is 6.11. The normalized spacial score (nSPS) is 44.9. The predicted octanol–water partition coefficient (Wildman–Crippen LogP) is 2.40. The van der Waals surface area contributed by atoms with Crippen molar-refractivity contribution in [3.63, 3.8) is 0 Å². The van der Waals surface area contributed by atoms with Crippen LogP contribution in [0.4, 0.5) is 0 Å². The average molecular weight is 122 g/mol. The van der Waals surface area contributed by atoms with Crippen LogP contribution in [-0.2, 0) is 0 Å². The van der Waals surface area contributed by atoms with Crippen molar-refractivity contribution >= 4 is 7.85 Å². The van der Waals surface area contributed by atoms with Crippen molar-refractivity contribution in [3.8, 4) is 0 Å². The minimum absolute atomic E-state index is 0.496. The van der Waals surface area contributed by atoms with Gasteiger partial charge in [-0.15, -0.1) is 0 Å². The lowest BCUT2D eigenvalue weighted by Gasteiger charge is -2.29. The van der Waals surface area contributed by atoms with Gasteiger partial charge in [0.2, 0.25) is 0 Å². The van der Waals surface area contributed by atoms with Gasteiger partial charge in [0.15, 0.2) is 0 Å². The van der Waals surface area contributed by atoms with Crippen molar-refractivity contribution in [1.82, 2.24) is 0 Å². The van der Waals surface area contributed by atoms with Crippen LogP contribution in [0, 0.1) is 11.8 Å². The Bertz CT molecular complexity index is 90.6. The molecule has 1 fully saturated rings. The molecule has 0 bridgehead atoms. The molecule has 0 N–H and O–H groups in total. The third-order valence-corrected chi connectivity index (χ3v) is 2.64. The number of hydrogen-bond donors (Lipinski definition) is 0. The van der Waals surface area contributed by atoms with E-state index in [0.717, 1.165) is 11.8 Å². The zero-order valence-corrected chi connectivity index (χ0v) is 6.43. The monoisotopic (exact) mass is 122 g/mol. The highest BCUT2D eigenvalue weighted by Gasteiger charge is 2.20. The fraction of sp³-hybridized carbons (Fsp3) is 1.00. The van der Waals surface area contributed by atoms with Crippen molar-refractivity contribution in [3.05, 3.63) is 0 Å². The van der Waals surface area contributed by atoms with Crippen LogP contribution in [0.2, 0.25) is 5.82 Å². The largest absolute Gasteiger partial charge is 0.0771 e. The first-order valence-corrected chi connectivity index (χ1v) is 3.95. The molecule has 3 unspecified atom stereocenters. The van der Waals surface area contributed by atoms with Crippen LogP contribution in [0.15, 0.2) is 0 Å². The van der Waals surface area contributed by atoms with Gasteiger partial charge in [0.05, 0.1) is 7.85 Å². The quantitative estimate of drug-likeness (QED) is 0.432. The molecule has 0 amide bonds. The summed E-state index contributed by atoms with van der Waals surface area (Å²) in [6.07, 6.45) is 3.81. The minimum Gasteiger partial charge on any atom is -0.0771 e. The summed E-state index contributed by atoms with van der Waals surface area (Å²) in [7, 11) is 5.79. The Kier molecular flexibility index (Phi) is 2.20. The molecule has 0 saturated heterocycles. The summed E-state index contributed by atoms with van der Waals surface area (Å²) < 4.78 is 0. The Hall–Kier alpha value is 0.0649. The Labute approximate surface area is 59.4 Å². The highest BCUT2D eigenvalue weighted by Crippen LogP contribution is 2.34. The van der Waals surface area contributed by atoms with Gasteiger partial charge in [-0.1, -0.05) is 38.9 Å². The second-order valence-corrected chi connectivity index (χ2v) is 3.53. The molecule has 0 heterocycles. The maximum absolute atomic E-state index is 5.79. The van der Waals surface area contributed by atoms with Gasteiger partial charge in [0.25, 0.3) is 0 Å². The van der Waals surface area contributed by atoms with Crippen molar-refractivity contribution in [2.24, 2.45) is 11.8 Å². The lowest BCUT2D eigenvalue weighted by molar-refractivity contribution is 0.278. The molecule has 0 aromatic carbocycles. The molecule has 50 valence electrons. The van der Waals surface area contributed by atoms with Crippen LogP contribution in [0.5, 0.6) is 0 Å². The second kappa shape index (κ2) is 2.77. The summed E-state index contributed by atoms with van der Waals surface area (Å²) in [6, 6.07) is 0. The first-order chi connectivity index (χ1) is 4.20. The van der Waals surface area contributed by atoms with E-state index in [1.54, 1.807) is 0 Å². The van der Waals surface area contributed by atoms with Gasteiger partial charge in [-0.3, -0.25) is 0 Å². The third-order valence-electron chi connectivity index (χ3n) is 2.64. The van der Waals surface area contributed by atoms with Gasteiger partial charge in [0, 0.05) is 0 Å². The van der Waals surface area contributed by atoms with E-state index < -0.39 is 0 Å². The molecule has 0 aliphatic heterocycles. The fourth-order valence-electron chi connectivity index (χ4n) is 1.59. The van der Waals surface area contributed by atoms with Crippen LogP contribution in [0.3, 0.4) is 0 Å². The van der Waals surface area contributed by atoms with Gasteiger partial charge in [0.1, 0.15) is 0 Å². The second-order valence-electron chi connectivity index (χ2n) is 3.53. The predicted molar refractivity (Wildman–Crippen MR) is 41.7 cm³/mol. The summed E-state index contributed by atoms with van der Waals surface area (Å²) >= 11 is 0. The van der Waals surface area contributed by atoms with Crippen LogP contribution >= 0.6 is 0 Å². The van der Waals surface area contributed by atoms with Gasteiger partial charge < -0.3 is 0 Å². The SMILES string of the molecule is [B]C1CCC(C)C(C)C1. The van der Waals surface area contributed by atoms with E-state index in [1.807, 2.05) is 0 Å². The van der Waals surface area contributed by atoms with Crippen molar-refractivity contribution in [2.45, 2.75) is 38.9 Å².